The Morgan fingerprint density at radius 2 is 2.56 bits per heavy atom. The second-order valence-electron chi connectivity index (χ2n) is 4.49. The smallest absolute Gasteiger partial charge is 0.0762 e. The van der Waals surface area contributed by atoms with Crippen molar-refractivity contribution in [3.63, 3.8) is 0 Å². The number of nitrogens with zero attached hydrogens (tertiary/aromatic N) is 2. The van der Waals surface area contributed by atoms with E-state index in [1.807, 2.05) is 11.8 Å². The number of aromatic nitrogens is 2. The molecule has 0 saturated carbocycles. The van der Waals surface area contributed by atoms with Crippen molar-refractivity contribution in [3.05, 3.63) is 18.0 Å². The highest BCUT2D eigenvalue weighted by Gasteiger charge is 2.14. The highest BCUT2D eigenvalue weighted by Crippen LogP contribution is 2.17. The zero-order valence-electron chi connectivity index (χ0n) is 10.1. The standard InChI is InChI=1S/C12H21N3S/c1-3-10(2)15-6-4-11(14-15)8-13-12-5-7-16-9-12/h4,6,10,12-13H,3,5,7-9H2,1-2H3. The molecule has 4 heteroatoms. The monoisotopic (exact) mass is 239 g/mol. The highest BCUT2D eigenvalue weighted by molar-refractivity contribution is 7.99. The average Bonchev–Trinajstić information content (AvgIpc) is 2.96. The first-order chi connectivity index (χ1) is 7.79. The van der Waals surface area contributed by atoms with Gasteiger partial charge in [-0.25, -0.2) is 0 Å². The van der Waals surface area contributed by atoms with E-state index in [0.717, 1.165) is 18.7 Å². The minimum atomic E-state index is 0.510. The zero-order valence-corrected chi connectivity index (χ0v) is 11.0. The Hall–Kier alpha value is -0.480. The lowest BCUT2D eigenvalue weighted by Gasteiger charge is -2.10. The minimum absolute atomic E-state index is 0.510. The third-order valence-corrected chi connectivity index (χ3v) is 4.37. The van der Waals surface area contributed by atoms with Crippen LogP contribution < -0.4 is 5.32 Å². The molecule has 0 aromatic carbocycles. The van der Waals surface area contributed by atoms with Crippen molar-refractivity contribution in [3.8, 4) is 0 Å². The van der Waals surface area contributed by atoms with Gasteiger partial charge in [-0.2, -0.15) is 16.9 Å². The molecule has 2 rings (SSSR count). The maximum atomic E-state index is 4.59. The molecule has 90 valence electrons. The predicted octanol–water partition coefficient (Wildman–Crippen LogP) is 2.45. The normalized spacial score (nSPS) is 22.5. The van der Waals surface area contributed by atoms with E-state index in [0.29, 0.717) is 12.1 Å². The van der Waals surface area contributed by atoms with Gasteiger partial charge in [0.1, 0.15) is 0 Å². The van der Waals surface area contributed by atoms with Crippen LogP contribution in [0.25, 0.3) is 0 Å². The van der Waals surface area contributed by atoms with Crippen LogP contribution in [-0.2, 0) is 6.54 Å². The number of thioether (sulfide) groups is 1. The van der Waals surface area contributed by atoms with Crippen molar-refractivity contribution < 1.29 is 0 Å². The Balaban J connectivity index is 1.82. The number of nitrogens with one attached hydrogen (secondary N) is 1. The van der Waals surface area contributed by atoms with Gasteiger partial charge in [-0.15, -0.1) is 0 Å². The van der Waals surface area contributed by atoms with Gasteiger partial charge in [0.15, 0.2) is 0 Å². The third kappa shape index (κ3) is 3.01. The molecule has 0 amide bonds. The van der Waals surface area contributed by atoms with Crippen molar-refractivity contribution in [2.75, 3.05) is 11.5 Å². The summed E-state index contributed by atoms with van der Waals surface area (Å²) in [6.07, 6.45) is 4.53. The summed E-state index contributed by atoms with van der Waals surface area (Å²) in [5.74, 6) is 2.56. The molecule has 1 aliphatic rings. The second kappa shape index (κ2) is 5.73. The van der Waals surface area contributed by atoms with Gasteiger partial charge in [0, 0.05) is 30.6 Å². The van der Waals surface area contributed by atoms with Crippen LogP contribution in [0.3, 0.4) is 0 Å². The van der Waals surface area contributed by atoms with Gasteiger partial charge in [0.25, 0.3) is 0 Å². The summed E-state index contributed by atoms with van der Waals surface area (Å²) in [5.41, 5.74) is 1.16. The zero-order chi connectivity index (χ0) is 11.4. The fourth-order valence-corrected chi connectivity index (χ4v) is 3.04. The molecule has 1 N–H and O–H groups in total. The molecule has 1 aromatic heterocycles. The van der Waals surface area contributed by atoms with Crippen LogP contribution in [0.4, 0.5) is 0 Å². The van der Waals surface area contributed by atoms with Crippen LogP contribution in [-0.4, -0.2) is 27.3 Å². The van der Waals surface area contributed by atoms with E-state index >= 15 is 0 Å². The summed E-state index contributed by atoms with van der Waals surface area (Å²) in [7, 11) is 0. The summed E-state index contributed by atoms with van der Waals surface area (Å²) in [6.45, 7) is 5.31. The topological polar surface area (TPSA) is 29.9 Å². The summed E-state index contributed by atoms with van der Waals surface area (Å²) in [4.78, 5) is 0. The molecule has 1 saturated heterocycles. The lowest BCUT2D eigenvalue weighted by molar-refractivity contribution is 0.467. The molecule has 2 atom stereocenters. The maximum absolute atomic E-state index is 4.59. The average molecular weight is 239 g/mol. The third-order valence-electron chi connectivity index (χ3n) is 3.21. The number of hydrogen-bond acceptors (Lipinski definition) is 3. The molecule has 2 heterocycles. The molecule has 3 nitrogen and oxygen atoms in total. The van der Waals surface area contributed by atoms with E-state index in [9.17, 15) is 0 Å². The molecule has 1 fully saturated rings. The molecule has 0 radical (unpaired) electrons. The van der Waals surface area contributed by atoms with Gasteiger partial charge in [0.05, 0.1) is 5.69 Å². The molecule has 0 bridgehead atoms. The van der Waals surface area contributed by atoms with Gasteiger partial charge >= 0.3 is 0 Å². The SMILES string of the molecule is CCC(C)n1ccc(CNC2CCSC2)n1. The van der Waals surface area contributed by atoms with Gasteiger partial charge in [0.2, 0.25) is 0 Å². The Morgan fingerprint density at radius 1 is 1.69 bits per heavy atom. The van der Waals surface area contributed by atoms with Crippen LogP contribution >= 0.6 is 11.8 Å². The van der Waals surface area contributed by atoms with E-state index in [1.165, 1.54) is 17.9 Å². The first-order valence-corrected chi connectivity index (χ1v) is 7.30. The predicted molar refractivity (Wildman–Crippen MR) is 69.8 cm³/mol. The van der Waals surface area contributed by atoms with Crippen LogP contribution in [0.1, 0.15) is 38.4 Å². The van der Waals surface area contributed by atoms with Crippen molar-refractivity contribution in [1.82, 2.24) is 15.1 Å². The largest absolute Gasteiger partial charge is 0.307 e. The maximum Gasteiger partial charge on any atom is 0.0762 e. The quantitative estimate of drug-likeness (QED) is 0.856. The fourth-order valence-electron chi connectivity index (χ4n) is 1.85. The molecule has 2 unspecified atom stereocenters. The highest BCUT2D eigenvalue weighted by atomic mass is 32.2. The first-order valence-electron chi connectivity index (χ1n) is 6.14. The fraction of sp³-hybridized carbons (Fsp3) is 0.750. The van der Waals surface area contributed by atoms with E-state index in [4.69, 9.17) is 0 Å². The van der Waals surface area contributed by atoms with E-state index in [1.54, 1.807) is 0 Å². The number of hydrogen-bond donors (Lipinski definition) is 1. The Morgan fingerprint density at radius 3 is 3.25 bits per heavy atom. The summed E-state index contributed by atoms with van der Waals surface area (Å²) < 4.78 is 2.07. The summed E-state index contributed by atoms with van der Waals surface area (Å²) in [6, 6.07) is 3.33. The van der Waals surface area contributed by atoms with Crippen molar-refractivity contribution in [1.29, 1.82) is 0 Å². The van der Waals surface area contributed by atoms with Crippen molar-refractivity contribution in [2.45, 2.75) is 45.3 Å². The van der Waals surface area contributed by atoms with Gasteiger partial charge in [-0.3, -0.25) is 4.68 Å². The molecule has 1 aliphatic heterocycles. The number of rotatable bonds is 5. The molecular weight excluding hydrogens is 218 g/mol. The molecule has 1 aromatic rings. The molecular formula is C12H21N3S. The molecule has 0 spiro atoms. The first kappa shape index (κ1) is 12.0. The van der Waals surface area contributed by atoms with Crippen LogP contribution in [0, 0.1) is 0 Å². The van der Waals surface area contributed by atoms with Gasteiger partial charge < -0.3 is 5.32 Å². The molecule has 16 heavy (non-hydrogen) atoms. The minimum Gasteiger partial charge on any atom is -0.307 e. The van der Waals surface area contributed by atoms with Gasteiger partial charge in [-0.1, -0.05) is 6.92 Å². The van der Waals surface area contributed by atoms with Crippen molar-refractivity contribution in [2.24, 2.45) is 0 Å². The lowest BCUT2D eigenvalue weighted by Crippen LogP contribution is -2.28. The summed E-state index contributed by atoms with van der Waals surface area (Å²) in [5, 5.41) is 8.16. The van der Waals surface area contributed by atoms with E-state index in [-0.39, 0.29) is 0 Å². The Bertz CT molecular complexity index is 318. The van der Waals surface area contributed by atoms with Crippen LogP contribution in [0.5, 0.6) is 0 Å². The van der Waals surface area contributed by atoms with Crippen molar-refractivity contribution >= 4 is 11.8 Å². The van der Waals surface area contributed by atoms with E-state index < -0.39 is 0 Å². The second-order valence-corrected chi connectivity index (χ2v) is 5.64. The van der Waals surface area contributed by atoms with Crippen LogP contribution in [0.2, 0.25) is 0 Å². The Kier molecular flexibility index (Phi) is 4.29. The van der Waals surface area contributed by atoms with E-state index in [2.05, 4.69) is 41.2 Å². The lowest BCUT2D eigenvalue weighted by atomic mass is 10.2. The van der Waals surface area contributed by atoms with Crippen LogP contribution in [0.15, 0.2) is 12.3 Å². The molecule has 0 aliphatic carbocycles. The van der Waals surface area contributed by atoms with Gasteiger partial charge in [-0.05, 0) is 31.6 Å². The Labute approximate surface area is 102 Å². The summed E-state index contributed by atoms with van der Waals surface area (Å²) >= 11 is 2.04.